The molecule has 0 bridgehead atoms. The van der Waals surface area contributed by atoms with E-state index >= 15 is 0 Å². The van der Waals surface area contributed by atoms with Crippen LogP contribution in [0.25, 0.3) is 0 Å². The van der Waals surface area contributed by atoms with Gasteiger partial charge in [0.2, 0.25) is 0 Å². The van der Waals surface area contributed by atoms with Crippen LogP contribution in [-0.2, 0) is 0 Å². The van der Waals surface area contributed by atoms with Crippen LogP contribution in [0.1, 0.15) is 38.8 Å². The molecule has 2 rings (SSSR count). The van der Waals surface area contributed by atoms with Gasteiger partial charge in [-0.15, -0.1) is 0 Å². The molecule has 0 aliphatic rings. The van der Waals surface area contributed by atoms with Gasteiger partial charge < -0.3 is 0 Å². The van der Waals surface area contributed by atoms with Crippen molar-refractivity contribution in [3.8, 4) is 0 Å². The van der Waals surface area contributed by atoms with Crippen LogP contribution in [0, 0.1) is 19.7 Å². The first-order valence-corrected chi connectivity index (χ1v) is 7.83. The molecule has 0 amide bonds. The van der Waals surface area contributed by atoms with E-state index in [4.69, 9.17) is 0 Å². The molecule has 0 aromatic heterocycles. The van der Waals surface area contributed by atoms with Crippen LogP contribution in [0.3, 0.4) is 0 Å². The molecule has 2 aromatic carbocycles. The Kier molecular flexibility index (Phi) is 15.1. The SMILES string of the molecule is CC.CC.Cc1ccccc1Br.Cc1ccccc1F. The summed E-state index contributed by atoms with van der Waals surface area (Å²) in [5.41, 5.74) is 1.99. The van der Waals surface area contributed by atoms with Crippen molar-refractivity contribution < 1.29 is 4.39 Å². The van der Waals surface area contributed by atoms with Crippen LogP contribution in [0.5, 0.6) is 0 Å². The summed E-state index contributed by atoms with van der Waals surface area (Å²) in [5, 5.41) is 0. The third-order valence-electron chi connectivity index (χ3n) is 2.15. The van der Waals surface area contributed by atoms with Gasteiger partial charge in [0.1, 0.15) is 5.82 Å². The maximum atomic E-state index is 12.3. The Hall–Kier alpha value is -1.15. The molecule has 0 fully saturated rings. The summed E-state index contributed by atoms with van der Waals surface area (Å²) in [4.78, 5) is 0. The largest absolute Gasteiger partial charge is 0.207 e. The highest BCUT2D eigenvalue weighted by atomic mass is 79.9. The van der Waals surface area contributed by atoms with Crippen LogP contribution in [0.15, 0.2) is 53.0 Å². The van der Waals surface area contributed by atoms with Crippen LogP contribution >= 0.6 is 15.9 Å². The number of hydrogen-bond donors (Lipinski definition) is 0. The van der Waals surface area contributed by atoms with Crippen molar-refractivity contribution in [2.24, 2.45) is 0 Å². The van der Waals surface area contributed by atoms with Crippen molar-refractivity contribution >= 4 is 15.9 Å². The minimum atomic E-state index is -0.132. The normalized spacial score (nSPS) is 8.00. The molecule has 0 N–H and O–H groups in total. The van der Waals surface area contributed by atoms with Gasteiger partial charge in [0.05, 0.1) is 0 Å². The zero-order chi connectivity index (χ0) is 16.0. The van der Waals surface area contributed by atoms with Gasteiger partial charge in [-0.25, -0.2) is 4.39 Å². The molecule has 0 spiro atoms. The fourth-order valence-electron chi connectivity index (χ4n) is 1.10. The molecule has 0 saturated carbocycles. The van der Waals surface area contributed by atoms with Crippen molar-refractivity contribution in [1.29, 1.82) is 0 Å². The summed E-state index contributed by atoms with van der Waals surface area (Å²) in [7, 11) is 0. The van der Waals surface area contributed by atoms with Crippen LogP contribution in [0.2, 0.25) is 0 Å². The quantitative estimate of drug-likeness (QED) is 0.487. The number of halogens is 2. The molecule has 0 aliphatic heterocycles. The van der Waals surface area contributed by atoms with E-state index in [2.05, 4.69) is 28.9 Å². The number of rotatable bonds is 0. The second kappa shape index (κ2) is 14.3. The fraction of sp³-hybridized carbons (Fsp3) is 0.333. The summed E-state index contributed by atoms with van der Waals surface area (Å²) in [5.74, 6) is -0.132. The second-order valence-corrected chi connectivity index (χ2v) is 4.35. The van der Waals surface area contributed by atoms with Crippen molar-refractivity contribution in [3.63, 3.8) is 0 Å². The monoisotopic (exact) mass is 340 g/mol. The number of hydrogen-bond acceptors (Lipinski definition) is 0. The lowest BCUT2D eigenvalue weighted by Gasteiger charge is -1.91. The topological polar surface area (TPSA) is 0 Å². The molecular weight excluding hydrogens is 315 g/mol. The average Bonchev–Trinajstić information content (AvgIpc) is 2.50. The third-order valence-corrected chi connectivity index (χ3v) is 3.04. The molecule has 2 heteroatoms. The molecule has 0 unspecified atom stereocenters. The Morgan fingerprint density at radius 3 is 1.35 bits per heavy atom. The Morgan fingerprint density at radius 1 is 0.700 bits per heavy atom. The summed E-state index contributed by atoms with van der Waals surface area (Å²) < 4.78 is 13.5. The van der Waals surface area contributed by atoms with E-state index in [1.165, 1.54) is 16.1 Å². The van der Waals surface area contributed by atoms with E-state index < -0.39 is 0 Å². The average molecular weight is 341 g/mol. The third kappa shape index (κ3) is 9.74. The van der Waals surface area contributed by atoms with Crippen molar-refractivity contribution in [1.82, 2.24) is 0 Å². The zero-order valence-corrected chi connectivity index (χ0v) is 15.0. The Morgan fingerprint density at radius 2 is 1.10 bits per heavy atom. The van der Waals surface area contributed by atoms with Gasteiger partial charge in [-0.2, -0.15) is 0 Å². The van der Waals surface area contributed by atoms with Gasteiger partial charge >= 0.3 is 0 Å². The molecule has 0 heterocycles. The van der Waals surface area contributed by atoms with Gasteiger partial charge in [0.25, 0.3) is 0 Å². The predicted molar refractivity (Wildman–Crippen MR) is 92.7 cm³/mol. The highest BCUT2D eigenvalue weighted by Gasteiger charge is 1.88. The molecule has 0 radical (unpaired) electrons. The minimum Gasteiger partial charge on any atom is -0.207 e. The summed E-state index contributed by atoms with van der Waals surface area (Å²) >= 11 is 3.40. The van der Waals surface area contributed by atoms with E-state index in [1.54, 1.807) is 19.1 Å². The standard InChI is InChI=1S/C7H7Br.C7H7F.2C2H6/c2*1-6-4-2-3-5-7(6)8;2*1-2/h2*2-5H,1H3;2*1-2H3. The van der Waals surface area contributed by atoms with E-state index in [-0.39, 0.29) is 5.82 Å². The number of aryl methyl sites for hydroxylation is 2. The van der Waals surface area contributed by atoms with E-state index in [1.807, 2.05) is 52.0 Å². The highest BCUT2D eigenvalue weighted by Crippen LogP contribution is 2.13. The summed E-state index contributed by atoms with van der Waals surface area (Å²) in [6.07, 6.45) is 0. The smallest absolute Gasteiger partial charge is 0.126 e. The molecule has 2 aromatic rings. The molecule has 112 valence electrons. The Bertz CT molecular complexity index is 367. The Labute approximate surface area is 132 Å². The molecular formula is C18H26BrF. The fourth-order valence-corrected chi connectivity index (χ4v) is 1.39. The second-order valence-electron chi connectivity index (χ2n) is 3.50. The van der Waals surface area contributed by atoms with Gasteiger partial charge in [0, 0.05) is 4.47 Å². The van der Waals surface area contributed by atoms with E-state index in [0.29, 0.717) is 5.56 Å². The lowest BCUT2D eigenvalue weighted by atomic mass is 10.2. The molecule has 0 nitrogen and oxygen atoms in total. The molecule has 0 atom stereocenters. The van der Waals surface area contributed by atoms with Gasteiger partial charge in [-0.05, 0) is 37.1 Å². The Balaban J connectivity index is 0. The van der Waals surface area contributed by atoms with Gasteiger partial charge in [-0.3, -0.25) is 0 Å². The zero-order valence-electron chi connectivity index (χ0n) is 13.4. The molecule has 20 heavy (non-hydrogen) atoms. The van der Waals surface area contributed by atoms with Crippen molar-refractivity contribution in [2.45, 2.75) is 41.5 Å². The highest BCUT2D eigenvalue weighted by molar-refractivity contribution is 9.10. The van der Waals surface area contributed by atoms with Crippen molar-refractivity contribution in [2.75, 3.05) is 0 Å². The first-order chi connectivity index (χ1) is 9.61. The summed E-state index contributed by atoms with van der Waals surface area (Å²) in [6, 6.07) is 14.8. The summed E-state index contributed by atoms with van der Waals surface area (Å²) in [6.45, 7) is 11.8. The van der Waals surface area contributed by atoms with E-state index in [9.17, 15) is 4.39 Å². The molecule has 0 aliphatic carbocycles. The molecule has 0 saturated heterocycles. The minimum absolute atomic E-state index is 0.132. The first kappa shape index (κ1) is 21.2. The van der Waals surface area contributed by atoms with Gasteiger partial charge in [-0.1, -0.05) is 80.0 Å². The first-order valence-electron chi connectivity index (χ1n) is 7.03. The maximum Gasteiger partial charge on any atom is 0.126 e. The lowest BCUT2D eigenvalue weighted by molar-refractivity contribution is 0.618. The van der Waals surface area contributed by atoms with E-state index in [0.717, 1.165) is 0 Å². The van der Waals surface area contributed by atoms with Gasteiger partial charge in [0.15, 0.2) is 0 Å². The van der Waals surface area contributed by atoms with Crippen LogP contribution < -0.4 is 0 Å². The van der Waals surface area contributed by atoms with Crippen molar-refractivity contribution in [3.05, 3.63) is 69.9 Å². The van der Waals surface area contributed by atoms with Crippen LogP contribution in [0.4, 0.5) is 4.39 Å². The maximum absolute atomic E-state index is 12.3. The number of benzene rings is 2. The van der Waals surface area contributed by atoms with Crippen LogP contribution in [-0.4, -0.2) is 0 Å². The lowest BCUT2D eigenvalue weighted by Crippen LogP contribution is -1.76. The predicted octanol–water partition coefficient (Wildman–Crippen LogP) is 6.94.